The van der Waals surface area contributed by atoms with Gasteiger partial charge in [-0.3, -0.25) is 4.79 Å². The van der Waals surface area contributed by atoms with E-state index in [2.05, 4.69) is 29.5 Å². The van der Waals surface area contributed by atoms with E-state index in [1.807, 2.05) is 6.92 Å². The summed E-state index contributed by atoms with van der Waals surface area (Å²) in [5, 5.41) is 6.16. The van der Waals surface area contributed by atoms with E-state index in [9.17, 15) is 4.79 Å². The molecule has 2 N–H and O–H groups in total. The number of hydrogen-bond acceptors (Lipinski definition) is 3. The maximum absolute atomic E-state index is 12.1. The molecule has 4 heteroatoms. The van der Waals surface area contributed by atoms with Crippen LogP contribution < -0.4 is 10.6 Å². The third-order valence-corrected chi connectivity index (χ3v) is 2.85. The lowest BCUT2D eigenvalue weighted by molar-refractivity contribution is 0.0933. The van der Waals surface area contributed by atoms with Gasteiger partial charge in [0.05, 0.1) is 0 Å². The number of aromatic nitrogens is 1. The van der Waals surface area contributed by atoms with E-state index in [0.717, 1.165) is 31.6 Å². The van der Waals surface area contributed by atoms with Gasteiger partial charge in [0.15, 0.2) is 0 Å². The predicted octanol–water partition coefficient (Wildman–Crippen LogP) is 2.82. The number of carbonyl (C=O) groups excluding carboxylic acids is 1. The fourth-order valence-electron chi connectivity index (χ4n) is 1.85. The lowest BCUT2D eigenvalue weighted by atomic mass is 10.1. The van der Waals surface area contributed by atoms with Crippen molar-refractivity contribution in [2.75, 3.05) is 11.9 Å². The van der Waals surface area contributed by atoms with E-state index in [0.29, 0.717) is 5.56 Å². The first-order chi connectivity index (χ1) is 8.71. The van der Waals surface area contributed by atoms with Gasteiger partial charge in [-0.1, -0.05) is 20.3 Å². The SMILES string of the molecule is CCCC(CC)NC(=O)c1ccnc(NCC)c1. The molecule has 0 aliphatic rings. The Kier molecular flexibility index (Phi) is 6.19. The van der Waals surface area contributed by atoms with Crippen LogP contribution in [0.25, 0.3) is 0 Å². The molecule has 18 heavy (non-hydrogen) atoms. The van der Waals surface area contributed by atoms with Gasteiger partial charge in [-0.25, -0.2) is 4.98 Å². The highest BCUT2D eigenvalue weighted by Crippen LogP contribution is 2.08. The number of anilines is 1. The maximum atomic E-state index is 12.1. The predicted molar refractivity (Wildman–Crippen MR) is 74.9 cm³/mol. The second kappa shape index (κ2) is 7.69. The first-order valence-electron chi connectivity index (χ1n) is 6.72. The molecule has 0 aliphatic carbocycles. The quantitative estimate of drug-likeness (QED) is 0.781. The highest BCUT2D eigenvalue weighted by molar-refractivity contribution is 5.94. The van der Waals surface area contributed by atoms with Crippen molar-refractivity contribution in [3.63, 3.8) is 0 Å². The van der Waals surface area contributed by atoms with Crippen LogP contribution >= 0.6 is 0 Å². The number of carbonyl (C=O) groups is 1. The van der Waals surface area contributed by atoms with Gasteiger partial charge in [-0.05, 0) is 31.9 Å². The average Bonchev–Trinajstić information content (AvgIpc) is 2.39. The maximum Gasteiger partial charge on any atom is 0.251 e. The Morgan fingerprint density at radius 2 is 2.17 bits per heavy atom. The van der Waals surface area contributed by atoms with E-state index >= 15 is 0 Å². The van der Waals surface area contributed by atoms with Crippen molar-refractivity contribution in [1.82, 2.24) is 10.3 Å². The van der Waals surface area contributed by atoms with Crippen LogP contribution in [0.5, 0.6) is 0 Å². The third-order valence-electron chi connectivity index (χ3n) is 2.85. The smallest absolute Gasteiger partial charge is 0.251 e. The number of nitrogens with one attached hydrogen (secondary N) is 2. The van der Waals surface area contributed by atoms with Crippen LogP contribution in [-0.2, 0) is 0 Å². The molecule has 0 saturated heterocycles. The molecule has 1 amide bonds. The molecule has 1 aromatic rings. The average molecular weight is 249 g/mol. The molecule has 0 aromatic carbocycles. The molecule has 1 rings (SSSR count). The number of rotatable bonds is 7. The largest absolute Gasteiger partial charge is 0.370 e. The van der Waals surface area contributed by atoms with Crippen LogP contribution in [0.4, 0.5) is 5.82 Å². The zero-order valence-corrected chi connectivity index (χ0v) is 11.5. The molecule has 0 saturated carbocycles. The fraction of sp³-hybridized carbons (Fsp3) is 0.571. The molecular formula is C14H23N3O. The monoisotopic (exact) mass is 249 g/mol. The highest BCUT2D eigenvalue weighted by Gasteiger charge is 2.11. The molecule has 1 atom stereocenters. The molecule has 1 heterocycles. The van der Waals surface area contributed by atoms with Crippen LogP contribution in [-0.4, -0.2) is 23.5 Å². The van der Waals surface area contributed by atoms with Gasteiger partial charge in [0.25, 0.3) is 5.91 Å². The molecule has 100 valence electrons. The third kappa shape index (κ3) is 4.35. The van der Waals surface area contributed by atoms with Crippen molar-refractivity contribution in [1.29, 1.82) is 0 Å². The van der Waals surface area contributed by atoms with E-state index < -0.39 is 0 Å². The van der Waals surface area contributed by atoms with Crippen LogP contribution in [0, 0.1) is 0 Å². The van der Waals surface area contributed by atoms with E-state index in [-0.39, 0.29) is 11.9 Å². The van der Waals surface area contributed by atoms with Gasteiger partial charge >= 0.3 is 0 Å². The lowest BCUT2D eigenvalue weighted by Gasteiger charge is -2.16. The molecule has 1 unspecified atom stereocenters. The topological polar surface area (TPSA) is 54.0 Å². The molecule has 0 bridgehead atoms. The Morgan fingerprint density at radius 3 is 2.78 bits per heavy atom. The van der Waals surface area contributed by atoms with Gasteiger partial charge < -0.3 is 10.6 Å². The van der Waals surface area contributed by atoms with Crippen molar-refractivity contribution < 1.29 is 4.79 Å². The molecule has 0 fully saturated rings. The summed E-state index contributed by atoms with van der Waals surface area (Å²) in [7, 11) is 0. The van der Waals surface area contributed by atoms with Crippen molar-refractivity contribution in [2.24, 2.45) is 0 Å². The second-order valence-electron chi connectivity index (χ2n) is 4.33. The van der Waals surface area contributed by atoms with Crippen molar-refractivity contribution in [3.05, 3.63) is 23.9 Å². The summed E-state index contributed by atoms with van der Waals surface area (Å²) in [5.41, 5.74) is 0.663. The summed E-state index contributed by atoms with van der Waals surface area (Å²) < 4.78 is 0. The second-order valence-corrected chi connectivity index (χ2v) is 4.33. The van der Waals surface area contributed by atoms with Gasteiger partial charge in [0.2, 0.25) is 0 Å². The van der Waals surface area contributed by atoms with Crippen LogP contribution in [0.2, 0.25) is 0 Å². The Labute approximate surface area is 109 Å². The zero-order chi connectivity index (χ0) is 13.4. The van der Waals surface area contributed by atoms with Gasteiger partial charge in [0.1, 0.15) is 5.82 Å². The number of amides is 1. The van der Waals surface area contributed by atoms with Crippen LogP contribution in [0.3, 0.4) is 0 Å². The molecule has 4 nitrogen and oxygen atoms in total. The summed E-state index contributed by atoms with van der Waals surface area (Å²) in [6, 6.07) is 3.80. The van der Waals surface area contributed by atoms with Gasteiger partial charge in [0, 0.05) is 24.3 Å². The van der Waals surface area contributed by atoms with Crippen LogP contribution in [0.1, 0.15) is 50.4 Å². The van der Waals surface area contributed by atoms with Gasteiger partial charge in [-0.2, -0.15) is 0 Å². The lowest BCUT2D eigenvalue weighted by Crippen LogP contribution is -2.34. The van der Waals surface area contributed by atoms with Crippen molar-refractivity contribution in [2.45, 2.75) is 46.1 Å². The highest BCUT2D eigenvalue weighted by atomic mass is 16.1. The normalized spacial score (nSPS) is 11.9. The van der Waals surface area contributed by atoms with Crippen molar-refractivity contribution >= 4 is 11.7 Å². The summed E-state index contributed by atoms with van der Waals surface area (Å²) >= 11 is 0. The Morgan fingerprint density at radius 1 is 1.39 bits per heavy atom. The summed E-state index contributed by atoms with van der Waals surface area (Å²) in [5.74, 6) is 0.727. The molecule has 0 radical (unpaired) electrons. The zero-order valence-electron chi connectivity index (χ0n) is 11.5. The minimum atomic E-state index is -0.0168. The summed E-state index contributed by atoms with van der Waals surface area (Å²) in [6.07, 6.45) is 4.73. The van der Waals surface area contributed by atoms with E-state index in [1.54, 1.807) is 18.3 Å². The standard InChI is InChI=1S/C14H23N3O/c1-4-7-12(5-2)17-14(18)11-8-9-16-13(10-11)15-6-3/h8-10,12H,4-7H2,1-3H3,(H,15,16)(H,17,18). The molecule has 0 spiro atoms. The van der Waals surface area contributed by atoms with E-state index in [1.165, 1.54) is 0 Å². The summed E-state index contributed by atoms with van der Waals surface area (Å²) in [4.78, 5) is 16.2. The number of hydrogen-bond donors (Lipinski definition) is 2. The Balaban J connectivity index is 2.68. The number of nitrogens with zero attached hydrogens (tertiary/aromatic N) is 1. The summed E-state index contributed by atoms with van der Waals surface area (Å²) in [6.45, 7) is 7.02. The first-order valence-corrected chi connectivity index (χ1v) is 6.72. The Bertz CT molecular complexity index is 379. The van der Waals surface area contributed by atoms with Crippen molar-refractivity contribution in [3.8, 4) is 0 Å². The molecular weight excluding hydrogens is 226 g/mol. The minimum Gasteiger partial charge on any atom is -0.370 e. The molecule has 1 aromatic heterocycles. The van der Waals surface area contributed by atoms with Crippen LogP contribution in [0.15, 0.2) is 18.3 Å². The van der Waals surface area contributed by atoms with Gasteiger partial charge in [-0.15, -0.1) is 0 Å². The minimum absolute atomic E-state index is 0.0168. The number of pyridine rings is 1. The first kappa shape index (κ1) is 14.5. The fourth-order valence-corrected chi connectivity index (χ4v) is 1.85. The van der Waals surface area contributed by atoms with E-state index in [4.69, 9.17) is 0 Å². The Hall–Kier alpha value is -1.58. The molecule has 0 aliphatic heterocycles.